The number of aromatic nitrogens is 1. The third-order valence-corrected chi connectivity index (χ3v) is 3.14. The lowest BCUT2D eigenvalue weighted by atomic mass is 9.93. The summed E-state index contributed by atoms with van der Waals surface area (Å²) in [5, 5.41) is 3.31. The van der Waals surface area contributed by atoms with Gasteiger partial charge >= 0.3 is 0 Å². The lowest BCUT2D eigenvalue weighted by molar-refractivity contribution is 0.141. The van der Waals surface area contributed by atoms with Crippen LogP contribution in [0.5, 0.6) is 5.75 Å². The topological polar surface area (TPSA) is 60.2 Å². The van der Waals surface area contributed by atoms with Gasteiger partial charge in [0.2, 0.25) is 0 Å². The first-order valence-corrected chi connectivity index (χ1v) is 5.83. The monoisotopic (exact) mass is 221 g/mol. The molecule has 0 aliphatic heterocycles. The summed E-state index contributed by atoms with van der Waals surface area (Å²) in [4.78, 5) is 4.02. The van der Waals surface area contributed by atoms with Crippen LogP contribution in [0.25, 0.3) is 0 Å². The van der Waals surface area contributed by atoms with Gasteiger partial charge in [0.1, 0.15) is 11.6 Å². The third kappa shape index (κ3) is 2.85. The molecule has 1 heterocycles. The number of nitrogen functional groups attached to an aromatic ring is 1. The van der Waals surface area contributed by atoms with E-state index in [0.717, 1.165) is 18.6 Å². The number of nitrogens with one attached hydrogen (secondary N) is 1. The zero-order valence-electron chi connectivity index (χ0n) is 9.65. The lowest BCUT2D eigenvalue weighted by Gasteiger charge is -2.28. The molecule has 0 atom stereocenters. The van der Waals surface area contributed by atoms with Gasteiger partial charge in [0.15, 0.2) is 0 Å². The summed E-state index contributed by atoms with van der Waals surface area (Å²) in [5.74, 6) is 1.35. The second-order valence-electron chi connectivity index (χ2n) is 4.30. The molecule has 0 spiro atoms. The molecule has 1 saturated carbocycles. The Morgan fingerprint density at radius 1 is 1.31 bits per heavy atom. The van der Waals surface area contributed by atoms with Gasteiger partial charge in [-0.2, -0.15) is 0 Å². The number of nitrogens with zero attached hydrogens (tertiary/aromatic N) is 1. The molecule has 1 aromatic rings. The number of rotatable bonds is 3. The summed E-state index contributed by atoms with van der Waals surface area (Å²) in [6.07, 6.45) is 6.60. The Kier molecular flexibility index (Phi) is 3.62. The van der Waals surface area contributed by atoms with Crippen molar-refractivity contribution in [2.45, 2.75) is 37.8 Å². The molecule has 0 bridgehead atoms. The first-order valence-electron chi connectivity index (χ1n) is 5.83. The van der Waals surface area contributed by atoms with Gasteiger partial charge < -0.3 is 15.8 Å². The van der Waals surface area contributed by atoms with E-state index in [-0.39, 0.29) is 0 Å². The van der Waals surface area contributed by atoms with Gasteiger partial charge in [-0.3, -0.25) is 0 Å². The first-order chi connectivity index (χ1) is 7.78. The van der Waals surface area contributed by atoms with Crippen molar-refractivity contribution < 1.29 is 4.74 Å². The van der Waals surface area contributed by atoms with Crippen molar-refractivity contribution in [2.24, 2.45) is 0 Å². The molecule has 0 amide bonds. The Hall–Kier alpha value is -1.29. The molecule has 0 saturated heterocycles. The Balaban J connectivity index is 1.84. The molecule has 3 N–H and O–H groups in total. The SMILES string of the molecule is CNC1CCC(Oc2ccc(N)nc2)CC1. The molecule has 2 rings (SSSR count). The molecule has 0 aromatic carbocycles. The molecule has 1 aliphatic rings. The average molecular weight is 221 g/mol. The maximum absolute atomic E-state index is 5.86. The van der Waals surface area contributed by atoms with E-state index < -0.39 is 0 Å². The first kappa shape index (κ1) is 11.2. The largest absolute Gasteiger partial charge is 0.489 e. The van der Waals surface area contributed by atoms with E-state index >= 15 is 0 Å². The molecular formula is C12H19N3O. The molecule has 16 heavy (non-hydrogen) atoms. The fraction of sp³-hybridized carbons (Fsp3) is 0.583. The Morgan fingerprint density at radius 2 is 2.06 bits per heavy atom. The zero-order chi connectivity index (χ0) is 11.4. The minimum Gasteiger partial charge on any atom is -0.489 e. The summed E-state index contributed by atoms with van der Waals surface area (Å²) < 4.78 is 5.86. The number of anilines is 1. The van der Waals surface area contributed by atoms with Gasteiger partial charge in [0.25, 0.3) is 0 Å². The van der Waals surface area contributed by atoms with Crippen LogP contribution in [0, 0.1) is 0 Å². The maximum Gasteiger partial charge on any atom is 0.138 e. The van der Waals surface area contributed by atoms with Crippen LogP contribution in [-0.4, -0.2) is 24.2 Å². The lowest BCUT2D eigenvalue weighted by Crippen LogP contribution is -2.34. The number of pyridine rings is 1. The molecule has 1 aliphatic carbocycles. The van der Waals surface area contributed by atoms with E-state index in [1.165, 1.54) is 12.8 Å². The molecule has 0 radical (unpaired) electrons. The van der Waals surface area contributed by atoms with Crippen molar-refractivity contribution in [3.8, 4) is 5.75 Å². The summed E-state index contributed by atoms with van der Waals surface area (Å²) in [7, 11) is 2.02. The minimum atomic E-state index is 0.329. The van der Waals surface area contributed by atoms with E-state index in [2.05, 4.69) is 10.3 Å². The smallest absolute Gasteiger partial charge is 0.138 e. The quantitative estimate of drug-likeness (QED) is 0.813. The van der Waals surface area contributed by atoms with Crippen molar-refractivity contribution in [3.05, 3.63) is 18.3 Å². The van der Waals surface area contributed by atoms with Crippen molar-refractivity contribution >= 4 is 5.82 Å². The molecule has 4 nitrogen and oxygen atoms in total. The standard InChI is InChI=1S/C12H19N3O/c1-14-9-2-4-10(5-3-9)16-11-6-7-12(13)15-8-11/h6-10,14H,2-5H2,1H3,(H2,13,15). The highest BCUT2D eigenvalue weighted by Crippen LogP contribution is 2.23. The minimum absolute atomic E-state index is 0.329. The number of nitrogens with two attached hydrogens (primary N) is 1. The molecule has 0 unspecified atom stereocenters. The predicted molar refractivity (Wildman–Crippen MR) is 64.4 cm³/mol. The van der Waals surface area contributed by atoms with Gasteiger partial charge in [-0.15, -0.1) is 0 Å². The van der Waals surface area contributed by atoms with Crippen molar-refractivity contribution in [1.29, 1.82) is 0 Å². The fourth-order valence-corrected chi connectivity index (χ4v) is 2.12. The maximum atomic E-state index is 5.86. The van der Waals surface area contributed by atoms with E-state index in [9.17, 15) is 0 Å². The second-order valence-corrected chi connectivity index (χ2v) is 4.30. The second kappa shape index (κ2) is 5.16. The average Bonchev–Trinajstić information content (AvgIpc) is 2.33. The molecular weight excluding hydrogens is 202 g/mol. The summed E-state index contributed by atoms with van der Waals surface area (Å²) in [6, 6.07) is 4.31. The molecule has 1 fully saturated rings. The van der Waals surface area contributed by atoms with Crippen molar-refractivity contribution in [3.63, 3.8) is 0 Å². The van der Waals surface area contributed by atoms with E-state index in [1.54, 1.807) is 12.3 Å². The van der Waals surface area contributed by atoms with Crippen LogP contribution in [0.1, 0.15) is 25.7 Å². The van der Waals surface area contributed by atoms with Crippen LogP contribution in [0.2, 0.25) is 0 Å². The molecule has 4 heteroatoms. The van der Waals surface area contributed by atoms with E-state index in [4.69, 9.17) is 10.5 Å². The van der Waals surface area contributed by atoms with Crippen LogP contribution in [-0.2, 0) is 0 Å². The van der Waals surface area contributed by atoms with Gasteiger partial charge in [0, 0.05) is 6.04 Å². The molecule has 1 aromatic heterocycles. The third-order valence-electron chi connectivity index (χ3n) is 3.14. The van der Waals surface area contributed by atoms with Crippen molar-refractivity contribution in [2.75, 3.05) is 12.8 Å². The zero-order valence-corrected chi connectivity index (χ0v) is 9.65. The van der Waals surface area contributed by atoms with Crippen LogP contribution in [0.3, 0.4) is 0 Å². The Labute approximate surface area is 96.2 Å². The highest BCUT2D eigenvalue weighted by Gasteiger charge is 2.21. The van der Waals surface area contributed by atoms with Crippen LogP contribution in [0.4, 0.5) is 5.82 Å². The van der Waals surface area contributed by atoms with E-state index in [1.807, 2.05) is 13.1 Å². The summed E-state index contributed by atoms with van der Waals surface area (Å²) in [5.41, 5.74) is 5.52. The Bertz CT molecular complexity index is 318. The highest BCUT2D eigenvalue weighted by atomic mass is 16.5. The number of ether oxygens (including phenoxy) is 1. The van der Waals surface area contributed by atoms with Crippen LogP contribution >= 0.6 is 0 Å². The number of hydrogen-bond donors (Lipinski definition) is 2. The number of hydrogen-bond acceptors (Lipinski definition) is 4. The Morgan fingerprint density at radius 3 is 2.62 bits per heavy atom. The van der Waals surface area contributed by atoms with Gasteiger partial charge in [0.05, 0.1) is 12.3 Å². The molecule has 88 valence electrons. The summed E-state index contributed by atoms with van der Waals surface area (Å²) in [6.45, 7) is 0. The van der Waals surface area contributed by atoms with Crippen molar-refractivity contribution in [1.82, 2.24) is 10.3 Å². The van der Waals surface area contributed by atoms with Gasteiger partial charge in [-0.05, 0) is 44.9 Å². The van der Waals surface area contributed by atoms with E-state index in [0.29, 0.717) is 18.0 Å². The van der Waals surface area contributed by atoms with Crippen LogP contribution in [0.15, 0.2) is 18.3 Å². The summed E-state index contributed by atoms with van der Waals surface area (Å²) >= 11 is 0. The fourth-order valence-electron chi connectivity index (χ4n) is 2.12. The normalized spacial score (nSPS) is 25.3. The van der Waals surface area contributed by atoms with Crippen LogP contribution < -0.4 is 15.8 Å². The van der Waals surface area contributed by atoms with Gasteiger partial charge in [-0.25, -0.2) is 4.98 Å². The predicted octanol–water partition coefficient (Wildman–Crippen LogP) is 1.57. The van der Waals surface area contributed by atoms with Gasteiger partial charge in [-0.1, -0.05) is 0 Å². The highest BCUT2D eigenvalue weighted by molar-refractivity contribution is 5.32.